The van der Waals surface area contributed by atoms with Crippen molar-refractivity contribution in [2.45, 2.75) is 0 Å². The van der Waals surface area contributed by atoms with Gasteiger partial charge in [-0.05, 0) is 60.2 Å². The molecule has 3 aromatic carbocycles. The lowest BCUT2D eigenvalue weighted by Gasteiger charge is -2.16. The van der Waals surface area contributed by atoms with E-state index in [9.17, 15) is 9.59 Å². The third-order valence-electron chi connectivity index (χ3n) is 5.21. The molecule has 0 saturated heterocycles. The topological polar surface area (TPSA) is 77.1 Å². The first-order chi connectivity index (χ1) is 16.0. The minimum absolute atomic E-state index is 0.113. The Morgan fingerprint density at radius 1 is 0.758 bits per heavy atom. The fraction of sp³-hybridized carbons (Fsp3) is 0.120. The largest absolute Gasteiger partial charge is 0.497 e. The minimum Gasteiger partial charge on any atom is -0.497 e. The number of nitrogens with zero attached hydrogens (tertiary/aromatic N) is 1. The highest BCUT2D eigenvalue weighted by molar-refractivity contribution is 6.46. The minimum atomic E-state index is -0.502. The van der Waals surface area contributed by atoms with E-state index in [0.29, 0.717) is 39.2 Å². The first-order valence-electron chi connectivity index (χ1n) is 9.99. The summed E-state index contributed by atoms with van der Waals surface area (Å²) in [4.78, 5) is 28.2. The van der Waals surface area contributed by atoms with E-state index in [2.05, 4.69) is 5.32 Å². The van der Waals surface area contributed by atoms with Crippen molar-refractivity contribution in [2.75, 3.05) is 31.5 Å². The molecule has 0 saturated carbocycles. The van der Waals surface area contributed by atoms with Gasteiger partial charge in [-0.2, -0.15) is 0 Å². The summed E-state index contributed by atoms with van der Waals surface area (Å²) in [5.41, 5.74) is 1.78. The predicted molar refractivity (Wildman–Crippen MR) is 127 cm³/mol. The van der Waals surface area contributed by atoms with Gasteiger partial charge in [0.25, 0.3) is 11.8 Å². The molecule has 1 aliphatic rings. The highest BCUT2D eigenvalue weighted by Gasteiger charge is 2.40. The SMILES string of the molecule is COc1ccc(C2=C(Nc3cc(Cl)ccc3OC)C(=O)N(c3ccc(OC)cc3)C2=O)cc1. The van der Waals surface area contributed by atoms with E-state index in [-0.39, 0.29) is 11.3 Å². The Hall–Kier alpha value is -3.97. The number of imide groups is 1. The van der Waals surface area contributed by atoms with Crippen molar-refractivity contribution in [3.05, 3.63) is 83.0 Å². The lowest BCUT2D eigenvalue weighted by Crippen LogP contribution is -2.32. The number of carbonyl (C=O) groups excluding carboxylic acids is 2. The lowest BCUT2D eigenvalue weighted by atomic mass is 10.0. The zero-order chi connectivity index (χ0) is 23.5. The molecular formula is C25H21ClN2O5. The van der Waals surface area contributed by atoms with Crippen LogP contribution < -0.4 is 24.4 Å². The molecule has 168 valence electrons. The quantitative estimate of drug-likeness (QED) is 0.508. The summed E-state index contributed by atoms with van der Waals surface area (Å²) in [5, 5.41) is 3.54. The van der Waals surface area contributed by atoms with Gasteiger partial charge in [0.2, 0.25) is 0 Å². The van der Waals surface area contributed by atoms with Crippen molar-refractivity contribution in [3.63, 3.8) is 0 Å². The fourth-order valence-electron chi connectivity index (χ4n) is 3.55. The zero-order valence-corrected chi connectivity index (χ0v) is 19.0. The molecule has 0 aromatic heterocycles. The molecule has 33 heavy (non-hydrogen) atoms. The number of amides is 2. The van der Waals surface area contributed by atoms with Crippen LogP contribution in [0.25, 0.3) is 5.57 Å². The molecular weight excluding hydrogens is 444 g/mol. The molecule has 1 aliphatic heterocycles. The summed E-state index contributed by atoms with van der Waals surface area (Å²) >= 11 is 6.16. The highest BCUT2D eigenvalue weighted by atomic mass is 35.5. The van der Waals surface area contributed by atoms with Crippen LogP contribution in [0.3, 0.4) is 0 Å². The number of anilines is 2. The maximum Gasteiger partial charge on any atom is 0.282 e. The number of nitrogens with one attached hydrogen (secondary N) is 1. The van der Waals surface area contributed by atoms with Crippen molar-refractivity contribution in [2.24, 2.45) is 0 Å². The van der Waals surface area contributed by atoms with Gasteiger partial charge >= 0.3 is 0 Å². The number of benzene rings is 3. The standard InChI is InChI=1S/C25H21ClN2O5/c1-31-18-9-4-15(5-10-18)22-23(27-20-14-16(26)6-13-21(20)33-3)25(30)28(24(22)29)17-7-11-19(32-2)12-8-17/h4-14,27H,1-3H3. The number of methoxy groups -OCH3 is 3. The Balaban J connectivity index is 1.82. The summed E-state index contributed by atoms with van der Waals surface area (Å²) in [6.07, 6.45) is 0. The molecule has 0 bridgehead atoms. The number of carbonyl (C=O) groups is 2. The average molecular weight is 465 g/mol. The summed E-state index contributed by atoms with van der Waals surface area (Å²) in [6.45, 7) is 0. The van der Waals surface area contributed by atoms with Crippen LogP contribution in [-0.2, 0) is 9.59 Å². The van der Waals surface area contributed by atoms with Gasteiger partial charge in [0, 0.05) is 5.02 Å². The van der Waals surface area contributed by atoms with Crippen LogP contribution in [0, 0.1) is 0 Å². The van der Waals surface area contributed by atoms with E-state index in [1.807, 2.05) is 0 Å². The smallest absolute Gasteiger partial charge is 0.282 e. The highest BCUT2D eigenvalue weighted by Crippen LogP contribution is 2.37. The van der Waals surface area contributed by atoms with Crippen LogP contribution >= 0.6 is 11.6 Å². The molecule has 3 aromatic rings. The van der Waals surface area contributed by atoms with Crippen LogP contribution in [0.5, 0.6) is 17.2 Å². The fourth-order valence-corrected chi connectivity index (χ4v) is 3.72. The van der Waals surface area contributed by atoms with Crippen molar-refractivity contribution in [3.8, 4) is 17.2 Å². The number of rotatable bonds is 7. The van der Waals surface area contributed by atoms with Gasteiger partial charge in [0.15, 0.2) is 0 Å². The molecule has 1 heterocycles. The number of hydrogen-bond donors (Lipinski definition) is 1. The second kappa shape index (κ2) is 9.26. The van der Waals surface area contributed by atoms with Crippen molar-refractivity contribution >= 4 is 40.4 Å². The molecule has 0 aliphatic carbocycles. The summed E-state index contributed by atoms with van der Waals surface area (Å²) in [5.74, 6) is 0.762. The first kappa shape index (κ1) is 22.2. The molecule has 1 N–H and O–H groups in total. The van der Waals surface area contributed by atoms with E-state index < -0.39 is 11.8 Å². The zero-order valence-electron chi connectivity index (χ0n) is 18.2. The number of ether oxygens (including phenoxy) is 3. The van der Waals surface area contributed by atoms with Gasteiger partial charge in [0.1, 0.15) is 22.9 Å². The Morgan fingerprint density at radius 2 is 1.36 bits per heavy atom. The Morgan fingerprint density at radius 3 is 1.94 bits per heavy atom. The molecule has 4 rings (SSSR count). The summed E-state index contributed by atoms with van der Waals surface area (Å²) in [7, 11) is 4.62. The lowest BCUT2D eigenvalue weighted by molar-refractivity contribution is -0.120. The Labute approximate surface area is 196 Å². The molecule has 0 unspecified atom stereocenters. The summed E-state index contributed by atoms with van der Waals surface area (Å²) < 4.78 is 15.8. The Bertz CT molecular complexity index is 1240. The first-order valence-corrected chi connectivity index (χ1v) is 10.4. The molecule has 0 fully saturated rings. The van der Waals surface area contributed by atoms with E-state index in [0.717, 1.165) is 4.90 Å². The normalized spacial score (nSPS) is 13.4. The van der Waals surface area contributed by atoms with Crippen molar-refractivity contribution < 1.29 is 23.8 Å². The van der Waals surface area contributed by atoms with Gasteiger partial charge < -0.3 is 19.5 Å². The Kier molecular flexibility index (Phi) is 6.24. The van der Waals surface area contributed by atoms with E-state index >= 15 is 0 Å². The summed E-state index contributed by atoms with van der Waals surface area (Å²) in [6, 6.07) is 18.6. The van der Waals surface area contributed by atoms with Crippen LogP contribution in [0.1, 0.15) is 5.56 Å². The van der Waals surface area contributed by atoms with Crippen LogP contribution in [0.4, 0.5) is 11.4 Å². The van der Waals surface area contributed by atoms with E-state index in [4.69, 9.17) is 25.8 Å². The van der Waals surface area contributed by atoms with Gasteiger partial charge in [-0.3, -0.25) is 9.59 Å². The molecule has 0 radical (unpaired) electrons. The molecule has 8 heteroatoms. The van der Waals surface area contributed by atoms with Crippen molar-refractivity contribution in [1.29, 1.82) is 0 Å². The van der Waals surface area contributed by atoms with Gasteiger partial charge in [-0.1, -0.05) is 23.7 Å². The maximum absolute atomic E-state index is 13.5. The monoisotopic (exact) mass is 464 g/mol. The van der Waals surface area contributed by atoms with Gasteiger partial charge in [-0.15, -0.1) is 0 Å². The molecule has 2 amide bonds. The van der Waals surface area contributed by atoms with Crippen LogP contribution in [0.2, 0.25) is 5.02 Å². The van der Waals surface area contributed by atoms with Crippen LogP contribution in [0.15, 0.2) is 72.4 Å². The predicted octanol–water partition coefficient (Wildman–Crippen LogP) is 4.76. The second-order valence-corrected chi connectivity index (χ2v) is 7.53. The molecule has 0 spiro atoms. The number of halogens is 1. The van der Waals surface area contributed by atoms with Gasteiger partial charge in [-0.25, -0.2) is 4.90 Å². The third kappa shape index (κ3) is 4.23. The van der Waals surface area contributed by atoms with E-state index in [1.54, 1.807) is 80.9 Å². The second-order valence-electron chi connectivity index (χ2n) is 7.09. The average Bonchev–Trinajstić information content (AvgIpc) is 3.08. The number of hydrogen-bond acceptors (Lipinski definition) is 6. The molecule has 0 atom stereocenters. The van der Waals surface area contributed by atoms with Gasteiger partial charge in [0.05, 0.1) is 38.3 Å². The van der Waals surface area contributed by atoms with Crippen molar-refractivity contribution in [1.82, 2.24) is 0 Å². The molecule has 7 nitrogen and oxygen atoms in total. The third-order valence-corrected chi connectivity index (χ3v) is 5.45. The maximum atomic E-state index is 13.5. The van der Waals surface area contributed by atoms with Crippen LogP contribution in [-0.4, -0.2) is 33.1 Å². The van der Waals surface area contributed by atoms with E-state index in [1.165, 1.54) is 7.11 Å².